The average molecular weight is 1010 g/mol. The van der Waals surface area contributed by atoms with Crippen LogP contribution in [0.4, 0.5) is 4.79 Å². The SMILES string of the molecule is COC(=O)C1(CCO)CCCCC1.COC(=O)C1(CCSC)CCCCC1.CSCCC1(NC(=O)N[C@H](C(=O)C2CC3[C@@H]([C@H]2C(=O)CC(CC2CC2)C(=O)C(N)=O)C3(C)C)C(C)(C)C)CCCCC1. The van der Waals surface area contributed by atoms with Crippen LogP contribution in [0.5, 0.6) is 0 Å². The molecular weight excluding hydrogens is 915 g/mol. The fraction of sp³-hybridized carbons (Fsp3) is 0.870. The number of nitrogens with one attached hydrogen (secondary N) is 2. The van der Waals surface area contributed by atoms with E-state index in [9.17, 15) is 33.6 Å². The molecule has 0 bridgehead atoms. The van der Waals surface area contributed by atoms with E-state index < -0.39 is 40.9 Å². The van der Waals surface area contributed by atoms with E-state index in [0.717, 1.165) is 101 Å². The zero-order valence-electron chi connectivity index (χ0n) is 43.9. The highest BCUT2D eigenvalue weighted by Crippen LogP contribution is 2.71. The number of esters is 2. The number of rotatable bonds is 21. The van der Waals surface area contributed by atoms with E-state index in [1.165, 1.54) is 46.3 Å². The van der Waals surface area contributed by atoms with Crippen LogP contribution in [0.25, 0.3) is 0 Å². The summed E-state index contributed by atoms with van der Waals surface area (Å²) in [5.74, 6) is -1.03. The Balaban J connectivity index is 0.000000310. The first-order valence-corrected chi connectivity index (χ1v) is 29.1. The molecule has 6 atom stereocenters. The Morgan fingerprint density at radius 3 is 1.68 bits per heavy atom. The number of carbonyl (C=O) groups is 7. The van der Waals surface area contributed by atoms with Gasteiger partial charge in [-0.3, -0.25) is 28.8 Å². The van der Waals surface area contributed by atoms with Gasteiger partial charge in [-0.1, -0.05) is 105 Å². The molecule has 0 aromatic rings. The Morgan fingerprint density at radius 1 is 0.739 bits per heavy atom. The van der Waals surface area contributed by atoms with Crippen LogP contribution in [0.3, 0.4) is 0 Å². The molecule has 0 saturated heterocycles. The molecule has 3 amide bonds. The molecule has 0 spiro atoms. The number of urea groups is 1. The lowest BCUT2D eigenvalue weighted by Crippen LogP contribution is -2.59. The molecule has 5 N–H and O–H groups in total. The lowest BCUT2D eigenvalue weighted by Gasteiger charge is -2.40. The Labute approximate surface area is 423 Å². The molecule has 6 saturated carbocycles. The number of hydrogen-bond acceptors (Lipinski definition) is 12. The molecule has 6 rings (SSSR count). The highest BCUT2D eigenvalue weighted by atomic mass is 32.2. The zero-order chi connectivity index (χ0) is 51.2. The van der Waals surface area contributed by atoms with Crippen LogP contribution in [-0.2, 0) is 38.2 Å². The Kier molecular flexibility index (Phi) is 22.5. The largest absolute Gasteiger partial charge is 0.469 e. The standard InChI is InChI=1S/C33H53N3O5S.C11H20O2S.C10H18O3/c1-31(2,3)28(35-30(41)36-33(14-15-42-6)12-8-7-9-13-33)27(39)21-18-22-25(32(22,4)5)24(21)23(37)17-20(16-19-10-11-19)26(38)29(34)40;1-13-10(12)11(8-9-14-2)6-4-3-5-7-11;1-13-9(12)10(7-8-11)5-3-2-4-6-10/h19-22,24-25,28H,7-18H2,1-6H3,(H2,34,40)(H2,35,36,41);3-9H2,1-2H3;11H,2-8H2,1H3/t20?,21?,22?,24-,25+,28-;;/m1../s1. The minimum atomic E-state index is -0.992. The molecule has 3 unspecified atom stereocenters. The van der Waals surface area contributed by atoms with Gasteiger partial charge in [0, 0.05) is 36.3 Å². The molecule has 13 nitrogen and oxygen atoms in total. The molecule has 6 fully saturated rings. The lowest BCUT2D eigenvalue weighted by molar-refractivity contribution is -0.156. The van der Waals surface area contributed by atoms with Gasteiger partial charge in [0.25, 0.3) is 5.91 Å². The number of primary amides is 1. The quantitative estimate of drug-likeness (QED) is 0.0627. The number of thioether (sulfide) groups is 2. The van der Waals surface area contributed by atoms with Crippen LogP contribution in [0.1, 0.15) is 182 Å². The molecule has 6 aliphatic rings. The van der Waals surface area contributed by atoms with Crippen LogP contribution in [0.15, 0.2) is 0 Å². The van der Waals surface area contributed by atoms with Crippen molar-refractivity contribution >= 4 is 64.8 Å². The summed E-state index contributed by atoms with van der Waals surface area (Å²) in [5.41, 5.74) is 3.98. The van der Waals surface area contributed by atoms with Crippen LogP contribution in [0, 0.1) is 57.2 Å². The molecule has 6 aliphatic carbocycles. The molecule has 69 heavy (non-hydrogen) atoms. The number of aliphatic hydroxyl groups excluding tert-OH is 1. The van der Waals surface area contributed by atoms with Gasteiger partial charge in [-0.15, -0.1) is 0 Å². The van der Waals surface area contributed by atoms with E-state index in [2.05, 4.69) is 37.0 Å². The number of hydrogen-bond donors (Lipinski definition) is 4. The summed E-state index contributed by atoms with van der Waals surface area (Å²) in [7, 11) is 2.94. The molecule has 0 aromatic heterocycles. The summed E-state index contributed by atoms with van der Waals surface area (Å²) in [6.45, 7) is 10.2. The summed E-state index contributed by atoms with van der Waals surface area (Å²) >= 11 is 3.59. The minimum absolute atomic E-state index is 0.0197. The molecule has 0 aromatic carbocycles. The van der Waals surface area contributed by atoms with Crippen molar-refractivity contribution in [3.05, 3.63) is 0 Å². The van der Waals surface area contributed by atoms with E-state index in [0.29, 0.717) is 25.2 Å². The van der Waals surface area contributed by atoms with Crippen molar-refractivity contribution in [3.63, 3.8) is 0 Å². The average Bonchev–Trinajstić information content (AvgIpc) is 4.19. The number of carbonyl (C=O) groups excluding carboxylic acids is 7. The molecule has 0 radical (unpaired) electrons. The van der Waals surface area contributed by atoms with Gasteiger partial charge in [-0.05, 0) is 123 Å². The fourth-order valence-corrected chi connectivity index (χ4v) is 14.0. The van der Waals surface area contributed by atoms with E-state index >= 15 is 0 Å². The number of amides is 3. The van der Waals surface area contributed by atoms with Gasteiger partial charge in [0.05, 0.1) is 31.1 Å². The van der Waals surface area contributed by atoms with Gasteiger partial charge in [-0.25, -0.2) is 4.79 Å². The van der Waals surface area contributed by atoms with E-state index in [4.69, 9.17) is 20.3 Å². The fourth-order valence-electron chi connectivity index (χ4n) is 12.8. The number of ether oxygens (including phenoxy) is 2. The van der Waals surface area contributed by atoms with Gasteiger partial charge in [0.1, 0.15) is 5.78 Å². The minimum Gasteiger partial charge on any atom is -0.469 e. The second-order valence-corrected chi connectivity index (χ2v) is 25.3. The van der Waals surface area contributed by atoms with Crippen LogP contribution < -0.4 is 16.4 Å². The Morgan fingerprint density at radius 2 is 1.23 bits per heavy atom. The third-order valence-electron chi connectivity index (χ3n) is 17.2. The van der Waals surface area contributed by atoms with Crippen molar-refractivity contribution in [2.24, 2.45) is 62.9 Å². The van der Waals surface area contributed by atoms with Crippen molar-refractivity contribution in [1.82, 2.24) is 10.6 Å². The normalized spacial score (nSPS) is 25.8. The van der Waals surface area contributed by atoms with Crippen molar-refractivity contribution in [3.8, 4) is 0 Å². The number of fused-ring (bicyclic) bond motifs is 1. The maximum atomic E-state index is 14.3. The summed E-state index contributed by atoms with van der Waals surface area (Å²) in [5, 5.41) is 15.3. The molecule has 394 valence electrons. The molecule has 0 heterocycles. The molecule has 15 heteroatoms. The highest BCUT2D eigenvalue weighted by molar-refractivity contribution is 7.98. The maximum absolute atomic E-state index is 14.3. The van der Waals surface area contributed by atoms with Crippen molar-refractivity contribution in [2.45, 2.75) is 194 Å². The summed E-state index contributed by atoms with van der Waals surface area (Å²) in [6, 6.07) is -1.07. The Bertz CT molecular complexity index is 1740. The summed E-state index contributed by atoms with van der Waals surface area (Å²) in [6.07, 6.45) is 25.7. The lowest BCUT2D eigenvalue weighted by atomic mass is 9.72. The van der Waals surface area contributed by atoms with Crippen molar-refractivity contribution < 1.29 is 48.1 Å². The molecule has 0 aliphatic heterocycles. The zero-order valence-corrected chi connectivity index (χ0v) is 45.6. The number of ketones is 3. The van der Waals surface area contributed by atoms with Gasteiger partial charge < -0.3 is 30.9 Å². The van der Waals surface area contributed by atoms with Gasteiger partial charge in [0.2, 0.25) is 5.78 Å². The van der Waals surface area contributed by atoms with Crippen molar-refractivity contribution in [2.75, 3.05) is 44.8 Å². The number of aliphatic hydroxyl groups is 1. The first kappa shape index (κ1) is 58.9. The maximum Gasteiger partial charge on any atom is 0.315 e. The first-order valence-electron chi connectivity index (χ1n) is 26.4. The predicted molar refractivity (Wildman–Crippen MR) is 276 cm³/mol. The monoisotopic (exact) mass is 1010 g/mol. The van der Waals surface area contributed by atoms with Gasteiger partial charge in [0.15, 0.2) is 5.78 Å². The third-order valence-corrected chi connectivity index (χ3v) is 18.4. The number of Topliss-reactive ketones (excluding diaryl/α,β-unsaturated/α-hetero) is 3. The number of methoxy groups -OCH3 is 2. The highest BCUT2D eigenvalue weighted by Gasteiger charge is 2.70. The topological polar surface area (TPSA) is 208 Å². The second kappa shape index (κ2) is 26.3. The predicted octanol–water partition coefficient (Wildman–Crippen LogP) is 9.42. The van der Waals surface area contributed by atoms with Crippen molar-refractivity contribution in [1.29, 1.82) is 0 Å². The van der Waals surface area contributed by atoms with Gasteiger partial charge >= 0.3 is 18.0 Å². The smallest absolute Gasteiger partial charge is 0.315 e. The van der Waals surface area contributed by atoms with E-state index in [1.54, 1.807) is 11.8 Å². The van der Waals surface area contributed by atoms with Crippen LogP contribution in [0.2, 0.25) is 0 Å². The van der Waals surface area contributed by atoms with Crippen LogP contribution in [-0.4, -0.2) is 103 Å². The summed E-state index contributed by atoms with van der Waals surface area (Å²) in [4.78, 5) is 89.6. The summed E-state index contributed by atoms with van der Waals surface area (Å²) < 4.78 is 9.74. The third kappa shape index (κ3) is 15.7. The van der Waals surface area contributed by atoms with E-state index in [-0.39, 0.29) is 76.2 Å². The van der Waals surface area contributed by atoms with E-state index in [1.807, 2.05) is 32.5 Å². The van der Waals surface area contributed by atoms with Crippen LogP contribution >= 0.6 is 23.5 Å². The molecular formula is C54H91N3O10S2. The first-order chi connectivity index (χ1) is 32.6. The second-order valence-electron chi connectivity index (χ2n) is 23.4. The number of nitrogens with two attached hydrogens (primary N) is 1. The van der Waals surface area contributed by atoms with Gasteiger partial charge in [-0.2, -0.15) is 23.5 Å². The Hall–Kier alpha value is -2.65.